The van der Waals surface area contributed by atoms with E-state index >= 15 is 0 Å². The summed E-state index contributed by atoms with van der Waals surface area (Å²) in [6.45, 7) is 0.910. The molecule has 1 atom stereocenters. The molecule has 0 radical (unpaired) electrons. The number of alkyl halides is 2. The lowest BCUT2D eigenvalue weighted by molar-refractivity contribution is -0.139. The predicted molar refractivity (Wildman–Crippen MR) is 142 cm³/mol. The summed E-state index contributed by atoms with van der Waals surface area (Å²) in [5.74, 6) is 0.432. The molecule has 206 valence electrons. The van der Waals surface area contributed by atoms with Gasteiger partial charge in [0.2, 0.25) is 0 Å². The molecule has 0 N–H and O–H groups in total. The Hall–Kier alpha value is -3.99. The lowest BCUT2D eigenvalue weighted by Crippen LogP contribution is -2.40. The molecule has 1 aromatic heterocycles. The van der Waals surface area contributed by atoms with E-state index in [1.54, 1.807) is 43.3 Å². The topological polar surface area (TPSA) is 88.4 Å². The van der Waals surface area contributed by atoms with E-state index in [1.807, 2.05) is 6.92 Å². The molecule has 2 aromatic carbocycles. The van der Waals surface area contributed by atoms with Gasteiger partial charge < -0.3 is 18.9 Å². The van der Waals surface area contributed by atoms with E-state index in [1.165, 1.54) is 42.3 Å². The first kappa shape index (κ1) is 28.0. The zero-order valence-corrected chi connectivity index (χ0v) is 22.7. The van der Waals surface area contributed by atoms with Crippen LogP contribution in [0.2, 0.25) is 0 Å². The van der Waals surface area contributed by atoms with Crippen LogP contribution in [0.1, 0.15) is 43.9 Å². The number of nitrogens with zero attached hydrogens (tertiary/aromatic N) is 2. The molecule has 4 rings (SSSR count). The highest BCUT2D eigenvalue weighted by Crippen LogP contribution is 2.38. The van der Waals surface area contributed by atoms with Crippen molar-refractivity contribution in [1.82, 2.24) is 4.57 Å². The van der Waals surface area contributed by atoms with Gasteiger partial charge in [0.25, 0.3) is 5.56 Å². The number of rotatable bonds is 10. The first-order valence-corrected chi connectivity index (χ1v) is 13.1. The van der Waals surface area contributed by atoms with Crippen LogP contribution in [0.5, 0.6) is 17.2 Å². The number of halogens is 2. The summed E-state index contributed by atoms with van der Waals surface area (Å²) < 4.78 is 47.7. The number of allylic oxidation sites excluding steroid dienone is 1. The van der Waals surface area contributed by atoms with Crippen LogP contribution in [-0.4, -0.2) is 38.0 Å². The normalized spacial score (nSPS) is 15.2. The zero-order chi connectivity index (χ0) is 28.1. The molecule has 8 nitrogen and oxygen atoms in total. The highest BCUT2D eigenvalue weighted by Gasteiger charge is 2.36. The van der Waals surface area contributed by atoms with Gasteiger partial charge >= 0.3 is 12.6 Å². The molecule has 0 spiro atoms. The maximum absolute atomic E-state index is 13.9. The monoisotopic (exact) mass is 558 g/mol. The summed E-state index contributed by atoms with van der Waals surface area (Å²) in [6.07, 6.45) is 2.85. The van der Waals surface area contributed by atoms with Gasteiger partial charge in [-0.1, -0.05) is 36.8 Å². The fourth-order valence-electron chi connectivity index (χ4n) is 4.37. The number of carbonyl (C=O) groups is 1. The number of carbonyl (C=O) groups excluding carboxylic acids is 1. The van der Waals surface area contributed by atoms with Gasteiger partial charge in [0, 0.05) is 5.56 Å². The third kappa shape index (κ3) is 5.88. The number of thiazole rings is 1. The van der Waals surface area contributed by atoms with Gasteiger partial charge in [0.1, 0.15) is 23.3 Å². The van der Waals surface area contributed by atoms with Crippen molar-refractivity contribution in [3.05, 3.63) is 84.5 Å². The molecule has 1 aliphatic heterocycles. The Morgan fingerprint density at radius 3 is 2.44 bits per heavy atom. The summed E-state index contributed by atoms with van der Waals surface area (Å²) in [5.41, 5.74) is 1.57. The van der Waals surface area contributed by atoms with Crippen LogP contribution in [-0.2, 0) is 9.53 Å². The molecule has 39 heavy (non-hydrogen) atoms. The van der Waals surface area contributed by atoms with Crippen molar-refractivity contribution in [2.24, 2.45) is 4.99 Å². The molecule has 0 bridgehead atoms. The number of esters is 1. The van der Waals surface area contributed by atoms with Crippen molar-refractivity contribution in [2.45, 2.75) is 39.3 Å². The van der Waals surface area contributed by atoms with Crippen LogP contribution >= 0.6 is 11.3 Å². The van der Waals surface area contributed by atoms with Crippen LogP contribution < -0.4 is 29.1 Å². The first-order chi connectivity index (χ1) is 18.8. The van der Waals surface area contributed by atoms with E-state index in [9.17, 15) is 18.4 Å². The molecule has 3 aromatic rings. The minimum atomic E-state index is -2.93. The second kappa shape index (κ2) is 12.2. The van der Waals surface area contributed by atoms with Crippen LogP contribution in [0.15, 0.2) is 63.5 Å². The van der Waals surface area contributed by atoms with Crippen LogP contribution in [0.25, 0.3) is 6.08 Å². The number of benzene rings is 2. The maximum Gasteiger partial charge on any atom is 0.387 e. The SMILES string of the molecule is CCCC1=C(C(=O)OCC)[C@@H](c2cc(OC)ccc2OC)n2c(s/c(=C\c3ccc(OC(F)F)cc3)c2=O)=N1. The molecule has 0 amide bonds. The Balaban J connectivity index is 1.97. The largest absolute Gasteiger partial charge is 0.497 e. The van der Waals surface area contributed by atoms with Crippen molar-refractivity contribution in [1.29, 1.82) is 0 Å². The average Bonchev–Trinajstić information content (AvgIpc) is 3.22. The summed E-state index contributed by atoms with van der Waals surface area (Å²) in [5, 5.41) is 0. The first-order valence-electron chi connectivity index (χ1n) is 12.3. The Kier molecular flexibility index (Phi) is 8.80. The van der Waals surface area contributed by atoms with Crippen molar-refractivity contribution in [3.63, 3.8) is 0 Å². The van der Waals surface area contributed by atoms with E-state index in [0.717, 1.165) is 0 Å². The quantitative estimate of drug-likeness (QED) is 0.347. The van der Waals surface area contributed by atoms with Gasteiger partial charge in [-0.3, -0.25) is 9.36 Å². The van der Waals surface area contributed by atoms with E-state index in [0.29, 0.717) is 50.5 Å². The second-order valence-corrected chi connectivity index (χ2v) is 9.48. The Morgan fingerprint density at radius 1 is 1.10 bits per heavy atom. The molecule has 0 saturated carbocycles. The van der Waals surface area contributed by atoms with Gasteiger partial charge in [0.15, 0.2) is 4.80 Å². The maximum atomic E-state index is 13.9. The minimum Gasteiger partial charge on any atom is -0.497 e. The number of hydrogen-bond donors (Lipinski definition) is 0. The molecule has 0 saturated heterocycles. The molecular formula is C28H28F2N2O6S. The van der Waals surface area contributed by atoms with Crippen LogP contribution in [0.4, 0.5) is 8.78 Å². The van der Waals surface area contributed by atoms with Crippen molar-refractivity contribution in [3.8, 4) is 17.2 Å². The Labute approximate surface area is 227 Å². The van der Waals surface area contributed by atoms with E-state index in [-0.39, 0.29) is 23.5 Å². The third-order valence-corrected chi connectivity index (χ3v) is 7.01. The van der Waals surface area contributed by atoms with Crippen LogP contribution in [0, 0.1) is 0 Å². The summed E-state index contributed by atoms with van der Waals surface area (Å²) in [7, 11) is 3.04. The van der Waals surface area contributed by atoms with Gasteiger partial charge in [-0.2, -0.15) is 8.78 Å². The Bertz CT molecular complexity index is 1560. The fraction of sp³-hybridized carbons (Fsp3) is 0.321. The lowest BCUT2D eigenvalue weighted by atomic mass is 9.93. The Morgan fingerprint density at radius 2 is 1.82 bits per heavy atom. The number of aromatic nitrogens is 1. The van der Waals surface area contributed by atoms with Gasteiger partial charge in [-0.05, 0) is 55.3 Å². The molecule has 0 fully saturated rings. The summed E-state index contributed by atoms with van der Waals surface area (Å²) in [4.78, 5) is 32.4. The highest BCUT2D eigenvalue weighted by atomic mass is 32.1. The molecule has 0 unspecified atom stereocenters. The number of hydrogen-bond acceptors (Lipinski definition) is 8. The van der Waals surface area contributed by atoms with E-state index in [2.05, 4.69) is 4.74 Å². The van der Waals surface area contributed by atoms with Crippen LogP contribution in [0.3, 0.4) is 0 Å². The smallest absolute Gasteiger partial charge is 0.387 e. The molecule has 1 aliphatic rings. The van der Waals surface area contributed by atoms with Gasteiger partial charge in [-0.15, -0.1) is 0 Å². The number of fused-ring (bicyclic) bond motifs is 1. The predicted octanol–water partition coefficient (Wildman–Crippen LogP) is 4.20. The molecule has 11 heteroatoms. The average molecular weight is 559 g/mol. The molecule has 0 aliphatic carbocycles. The van der Waals surface area contributed by atoms with Crippen molar-refractivity contribution >= 4 is 23.4 Å². The molecule has 2 heterocycles. The van der Waals surface area contributed by atoms with Crippen molar-refractivity contribution in [2.75, 3.05) is 20.8 Å². The second-order valence-electron chi connectivity index (χ2n) is 8.47. The van der Waals surface area contributed by atoms with E-state index < -0.39 is 18.6 Å². The number of ether oxygens (including phenoxy) is 4. The van der Waals surface area contributed by atoms with Gasteiger partial charge in [0.05, 0.1) is 36.6 Å². The van der Waals surface area contributed by atoms with Crippen molar-refractivity contribution < 1.29 is 32.5 Å². The fourth-order valence-corrected chi connectivity index (χ4v) is 5.39. The lowest BCUT2D eigenvalue weighted by Gasteiger charge is -2.27. The summed E-state index contributed by atoms with van der Waals surface area (Å²) >= 11 is 1.17. The zero-order valence-electron chi connectivity index (χ0n) is 21.9. The minimum absolute atomic E-state index is 0.0111. The van der Waals surface area contributed by atoms with Gasteiger partial charge in [-0.25, -0.2) is 9.79 Å². The standard InChI is InChI=1S/C28H28F2N2O6S/c1-5-7-20-23(26(34)37-6-2)24(19-15-18(35-3)12-13-21(19)36-4)32-25(33)22(39-28(32)31-20)14-16-8-10-17(11-9-16)38-27(29)30/h8-15,24,27H,5-7H2,1-4H3/b22-14-/t24-/m1/s1. The van der Waals surface area contributed by atoms with E-state index in [4.69, 9.17) is 19.2 Å². The number of methoxy groups -OCH3 is 2. The highest BCUT2D eigenvalue weighted by molar-refractivity contribution is 7.07. The summed E-state index contributed by atoms with van der Waals surface area (Å²) in [6, 6.07) is 10.3. The molecular weight excluding hydrogens is 530 g/mol. The third-order valence-electron chi connectivity index (χ3n) is 6.03.